The fourth-order valence-corrected chi connectivity index (χ4v) is 0. The first kappa shape index (κ1) is 59.1. The average molecular weight is 384 g/mol. The molecule has 34 valence electrons. The third-order valence-electron chi connectivity index (χ3n) is 0. The van der Waals surface area contributed by atoms with Crippen molar-refractivity contribution in [2.75, 3.05) is 0 Å². The molecule has 0 N–H and O–H groups in total. The molecule has 0 aliphatic heterocycles. The fourth-order valence-electron chi connectivity index (χ4n) is 0. The van der Waals surface area contributed by atoms with Crippen LogP contribution in [0.4, 0.5) is 0 Å². The molecule has 0 aromatic rings. The third kappa shape index (κ3) is 26.7. The maximum absolute atomic E-state index is 0. The van der Waals surface area contributed by atoms with Crippen LogP contribution >= 0.6 is 0 Å². The second kappa shape index (κ2) is 40.8. The summed E-state index contributed by atoms with van der Waals surface area (Å²) in [6, 6.07) is 0. The van der Waals surface area contributed by atoms with E-state index < -0.39 is 0 Å². The number of hydrogen-bond acceptors (Lipinski definition) is 0. The van der Waals surface area contributed by atoms with Crippen molar-refractivity contribution in [3.05, 3.63) is 0 Å². The van der Waals surface area contributed by atoms with Crippen LogP contribution < -0.4 is 0 Å². The number of hydrogen-bond donors (Lipinski definition) is 0. The van der Waals surface area contributed by atoms with Crippen LogP contribution in [0.3, 0.4) is 0 Å². The van der Waals surface area contributed by atoms with Crippen molar-refractivity contribution in [3.63, 3.8) is 0 Å². The molecule has 0 atom stereocenters. The van der Waals surface area contributed by atoms with Gasteiger partial charge in [-0.3, -0.25) is 0 Å². The minimum absolute atomic E-state index is 0. The largest absolute Gasteiger partial charge is 3.00 e. The van der Waals surface area contributed by atoms with Crippen molar-refractivity contribution in [2.45, 2.75) is 0 Å². The standard InChI is InChI=1S/Ag.In.3S.Zn/q+1;+3;3*-2;+2. The van der Waals surface area contributed by atoms with Crippen LogP contribution in [0.25, 0.3) is 0 Å². The van der Waals surface area contributed by atoms with E-state index in [0.29, 0.717) is 0 Å². The van der Waals surface area contributed by atoms with Crippen molar-refractivity contribution >= 4 is 66.3 Å². The van der Waals surface area contributed by atoms with E-state index in [9.17, 15) is 0 Å². The van der Waals surface area contributed by atoms with E-state index in [2.05, 4.69) is 0 Å². The summed E-state index contributed by atoms with van der Waals surface area (Å²) in [5.74, 6) is 0. The molecule has 0 aromatic heterocycles. The Morgan fingerprint density at radius 1 is 0.667 bits per heavy atom. The molecule has 0 fully saturated rings. The van der Waals surface area contributed by atoms with Gasteiger partial charge >= 0.3 is 67.7 Å². The van der Waals surface area contributed by atoms with Crippen LogP contribution in [-0.4, -0.2) is 25.8 Å². The van der Waals surface area contributed by atoms with Crippen LogP contribution in [0.5, 0.6) is 0 Å². The molecule has 6 heteroatoms. The molecule has 0 radical (unpaired) electrons. The van der Waals surface area contributed by atoms with Gasteiger partial charge < -0.3 is 40.5 Å². The van der Waals surface area contributed by atoms with Crippen molar-refractivity contribution in [3.8, 4) is 0 Å². The second-order valence-corrected chi connectivity index (χ2v) is 0. The number of rotatable bonds is 0. The molecule has 0 nitrogen and oxygen atoms in total. The van der Waals surface area contributed by atoms with Crippen LogP contribution in [0.1, 0.15) is 0 Å². The smallest absolute Gasteiger partial charge is 2.00 e. The molecular weight excluding hydrogens is 384 g/mol. The quantitative estimate of drug-likeness (QED) is 0.499. The summed E-state index contributed by atoms with van der Waals surface area (Å²) in [7, 11) is 0. The van der Waals surface area contributed by atoms with Crippen molar-refractivity contribution < 1.29 is 41.9 Å². The summed E-state index contributed by atoms with van der Waals surface area (Å²) in [5.41, 5.74) is 0. The minimum Gasteiger partial charge on any atom is -2.00 e. The second-order valence-electron chi connectivity index (χ2n) is 0. The van der Waals surface area contributed by atoms with E-state index in [1.807, 2.05) is 0 Å². The first-order valence-electron chi connectivity index (χ1n) is 0. The summed E-state index contributed by atoms with van der Waals surface area (Å²) in [4.78, 5) is 0. The molecule has 6 heavy (non-hydrogen) atoms. The summed E-state index contributed by atoms with van der Waals surface area (Å²) >= 11 is 0. The maximum atomic E-state index is 0. The fraction of sp³-hybridized carbons (Fsp3) is 0. The van der Waals surface area contributed by atoms with E-state index >= 15 is 0 Å². The summed E-state index contributed by atoms with van der Waals surface area (Å²) in [6.07, 6.45) is 0. The van der Waals surface area contributed by atoms with Gasteiger partial charge in [-0.25, -0.2) is 0 Å². The van der Waals surface area contributed by atoms with Crippen LogP contribution in [0.15, 0.2) is 0 Å². The molecular formula is AgInS3Zn. The monoisotopic (exact) mass is 382 g/mol. The topological polar surface area (TPSA) is 0 Å². The maximum Gasteiger partial charge on any atom is 3.00 e. The Hall–Kier alpha value is 3.28. The molecule has 0 unspecified atom stereocenters. The Balaban J connectivity index is 0. The van der Waals surface area contributed by atoms with Gasteiger partial charge in [-0.05, 0) is 0 Å². The molecule has 0 rings (SSSR count). The van der Waals surface area contributed by atoms with E-state index in [1.165, 1.54) is 0 Å². The van der Waals surface area contributed by atoms with Gasteiger partial charge in [0.05, 0.1) is 0 Å². The van der Waals surface area contributed by atoms with Crippen LogP contribution in [-0.2, 0) is 82.3 Å². The zero-order valence-corrected chi connectivity index (χ0v) is 13.0. The summed E-state index contributed by atoms with van der Waals surface area (Å²) < 4.78 is 0. The zero-order chi connectivity index (χ0) is 0. The Labute approximate surface area is 106 Å². The Morgan fingerprint density at radius 3 is 0.667 bits per heavy atom. The van der Waals surface area contributed by atoms with Gasteiger partial charge in [0.1, 0.15) is 0 Å². The SMILES string of the molecule is [Ag+].[In+3].[S-2].[S-2].[S-2].[Zn+2]. The molecule has 0 heterocycles. The van der Waals surface area contributed by atoms with Gasteiger partial charge in [0.25, 0.3) is 0 Å². The molecule has 0 aromatic carbocycles. The van der Waals surface area contributed by atoms with Gasteiger partial charge in [0, 0.05) is 0 Å². The Kier molecular flexibility index (Phi) is 401. The molecule has 0 aliphatic carbocycles. The zero-order valence-electron chi connectivity index (χ0n) is 2.81. The minimum atomic E-state index is 0. The predicted molar refractivity (Wildman–Crippen MR) is 27.8 cm³/mol. The van der Waals surface area contributed by atoms with Gasteiger partial charge in [0.15, 0.2) is 0 Å². The average Bonchev–Trinajstić information content (AvgIpc) is 0. The van der Waals surface area contributed by atoms with Gasteiger partial charge in [-0.2, -0.15) is 0 Å². The van der Waals surface area contributed by atoms with Gasteiger partial charge in [-0.1, -0.05) is 0 Å². The molecule has 0 amide bonds. The molecule has 0 saturated carbocycles. The Bertz CT molecular complexity index is 10.8. The Morgan fingerprint density at radius 2 is 0.667 bits per heavy atom. The van der Waals surface area contributed by atoms with Gasteiger partial charge in [0.2, 0.25) is 0 Å². The summed E-state index contributed by atoms with van der Waals surface area (Å²) in [5, 5.41) is 0. The normalized spacial score (nSPS) is 0. The van der Waals surface area contributed by atoms with E-state index in [4.69, 9.17) is 0 Å². The predicted octanol–water partition coefficient (Wildman–Crippen LogP) is -0.393. The van der Waals surface area contributed by atoms with Crippen LogP contribution in [0, 0.1) is 0 Å². The first-order chi connectivity index (χ1) is 0. The van der Waals surface area contributed by atoms with E-state index in [-0.39, 0.29) is 108 Å². The third-order valence-corrected chi connectivity index (χ3v) is 0. The van der Waals surface area contributed by atoms with Crippen LogP contribution in [0.2, 0.25) is 0 Å². The molecule has 0 bridgehead atoms. The van der Waals surface area contributed by atoms with E-state index in [0.717, 1.165) is 0 Å². The first-order valence-corrected chi connectivity index (χ1v) is 0. The molecule has 0 spiro atoms. The van der Waals surface area contributed by atoms with Crippen molar-refractivity contribution in [1.29, 1.82) is 0 Å². The van der Waals surface area contributed by atoms with E-state index in [1.54, 1.807) is 0 Å². The molecule has 0 saturated heterocycles. The molecule has 0 aliphatic rings. The van der Waals surface area contributed by atoms with Gasteiger partial charge in [-0.15, -0.1) is 0 Å². The van der Waals surface area contributed by atoms with Crippen molar-refractivity contribution in [2.24, 2.45) is 0 Å². The van der Waals surface area contributed by atoms with Crippen molar-refractivity contribution in [1.82, 2.24) is 0 Å². The summed E-state index contributed by atoms with van der Waals surface area (Å²) in [6.45, 7) is 0.